The molecule has 0 bridgehead atoms. The summed E-state index contributed by atoms with van der Waals surface area (Å²) in [5.41, 5.74) is 1.07. The van der Waals surface area contributed by atoms with Gasteiger partial charge in [-0.3, -0.25) is 0 Å². The third-order valence-electron chi connectivity index (χ3n) is 6.93. The summed E-state index contributed by atoms with van der Waals surface area (Å²) in [7, 11) is -3.78. The van der Waals surface area contributed by atoms with Crippen LogP contribution in [0.15, 0.2) is 29.2 Å². The Hall–Kier alpha value is -0.440. The first-order valence-corrected chi connectivity index (χ1v) is 17.6. The van der Waals surface area contributed by atoms with Crippen molar-refractivity contribution in [2.75, 3.05) is 24.6 Å². The van der Waals surface area contributed by atoms with Crippen LogP contribution in [0.1, 0.15) is 110 Å². The average Bonchev–Trinajstić information content (AvgIpc) is 2.78. The molecule has 0 fully saturated rings. The Morgan fingerprint density at radius 3 is 1.50 bits per heavy atom. The molecule has 0 saturated heterocycles. The van der Waals surface area contributed by atoms with Gasteiger partial charge in [-0.15, -0.1) is 0 Å². The Kier molecular flexibility index (Phi) is 13.6. The third kappa shape index (κ3) is 9.43. The second-order valence-electron chi connectivity index (χ2n) is 9.92. The topological polar surface area (TPSA) is 43.4 Å². The molecule has 0 unspecified atom stereocenters. The number of rotatable bonds is 19. The van der Waals surface area contributed by atoms with Crippen LogP contribution in [-0.4, -0.2) is 33.1 Å². The molecule has 5 heteroatoms. The van der Waals surface area contributed by atoms with Gasteiger partial charge >= 0.3 is 200 Å². The standard InChI is InChI=1S/C27H51O3PS/c1-6-10-14-15-16-17-25-31(22-11-7-2,23-12-8-3,24-13-9-4)30-32(28,29)27-20-18-26(5)19-21-27/h18-21H,6-17,22-25H2,1-5H3. The zero-order chi connectivity index (χ0) is 24.0. The molecule has 0 amide bonds. The molecule has 1 rings (SSSR count). The summed E-state index contributed by atoms with van der Waals surface area (Å²) in [5, 5.41) is 0. The first-order chi connectivity index (χ1) is 15.3. The molecule has 0 aliphatic carbocycles. The van der Waals surface area contributed by atoms with Crippen LogP contribution in [0.4, 0.5) is 0 Å². The summed E-state index contributed by atoms with van der Waals surface area (Å²) in [4.78, 5) is 0.324. The SMILES string of the molecule is CCCCCCCCP(CCCC)(CCCC)(CCCC)OS(=O)(=O)c1ccc(C)cc1. The fourth-order valence-corrected chi connectivity index (χ4v) is 14.8. The second kappa shape index (κ2) is 14.7. The number of unbranched alkanes of at least 4 members (excludes halogenated alkanes) is 8. The summed E-state index contributed by atoms with van der Waals surface area (Å²) < 4.78 is 34.0. The van der Waals surface area contributed by atoms with E-state index in [2.05, 4.69) is 27.7 Å². The molecule has 0 atom stereocenters. The molecule has 0 N–H and O–H groups in total. The molecular formula is C27H51O3PS. The van der Waals surface area contributed by atoms with Gasteiger partial charge in [0.2, 0.25) is 0 Å². The zero-order valence-electron chi connectivity index (χ0n) is 21.7. The van der Waals surface area contributed by atoms with Crippen LogP contribution in [0.25, 0.3) is 0 Å². The maximum atomic E-state index is 13.6. The van der Waals surface area contributed by atoms with Crippen molar-refractivity contribution in [1.29, 1.82) is 0 Å². The van der Waals surface area contributed by atoms with Crippen molar-refractivity contribution in [3.05, 3.63) is 29.8 Å². The second-order valence-corrected chi connectivity index (χ2v) is 17.4. The van der Waals surface area contributed by atoms with Crippen LogP contribution in [0.5, 0.6) is 0 Å². The summed E-state index contributed by atoms with van der Waals surface area (Å²) in [6.07, 6.45) is 17.7. The van der Waals surface area contributed by atoms with Crippen LogP contribution in [0.3, 0.4) is 0 Å². The van der Waals surface area contributed by atoms with Gasteiger partial charge in [0.15, 0.2) is 0 Å². The van der Waals surface area contributed by atoms with E-state index in [0.717, 1.165) is 75.2 Å². The Morgan fingerprint density at radius 1 is 0.625 bits per heavy atom. The monoisotopic (exact) mass is 486 g/mol. The van der Waals surface area contributed by atoms with Gasteiger partial charge < -0.3 is 0 Å². The number of hydrogen-bond acceptors (Lipinski definition) is 3. The molecule has 3 nitrogen and oxygen atoms in total. The minimum absolute atomic E-state index is 0.324. The molecule has 188 valence electrons. The minimum atomic E-state index is -3.78. The Labute approximate surface area is 200 Å². The molecule has 0 spiro atoms. The van der Waals surface area contributed by atoms with Gasteiger partial charge in [0.05, 0.1) is 0 Å². The predicted octanol–water partition coefficient (Wildman–Crippen LogP) is 8.93. The first-order valence-electron chi connectivity index (χ1n) is 13.3. The quantitative estimate of drug-likeness (QED) is 0.145. The maximum absolute atomic E-state index is 13.6. The van der Waals surface area contributed by atoms with E-state index in [-0.39, 0.29) is 0 Å². The first kappa shape index (κ1) is 29.6. The van der Waals surface area contributed by atoms with E-state index in [9.17, 15) is 8.42 Å². The molecule has 0 aliphatic rings. The summed E-state index contributed by atoms with van der Waals surface area (Å²) in [6.45, 7) is 7.97. The van der Waals surface area contributed by atoms with E-state index < -0.39 is 16.9 Å². The van der Waals surface area contributed by atoms with Crippen molar-refractivity contribution < 1.29 is 12.4 Å². The van der Waals surface area contributed by atoms with Gasteiger partial charge in [-0.05, 0) is 0 Å². The number of benzene rings is 1. The zero-order valence-corrected chi connectivity index (χ0v) is 23.4. The van der Waals surface area contributed by atoms with E-state index in [1.54, 1.807) is 12.1 Å². The molecule has 1 aromatic rings. The Bertz CT molecular complexity index is 703. The van der Waals surface area contributed by atoms with Gasteiger partial charge in [0, 0.05) is 0 Å². The van der Waals surface area contributed by atoms with E-state index >= 15 is 0 Å². The van der Waals surface area contributed by atoms with Crippen LogP contribution < -0.4 is 0 Å². The van der Waals surface area contributed by atoms with Gasteiger partial charge in [-0.25, -0.2) is 0 Å². The predicted molar refractivity (Wildman–Crippen MR) is 144 cm³/mol. The van der Waals surface area contributed by atoms with Gasteiger partial charge in [0.1, 0.15) is 0 Å². The van der Waals surface area contributed by atoms with Crippen molar-refractivity contribution in [3.63, 3.8) is 0 Å². The van der Waals surface area contributed by atoms with Crippen molar-refractivity contribution in [2.24, 2.45) is 0 Å². The summed E-state index contributed by atoms with van der Waals surface area (Å²) in [5.74, 6) is 0. The van der Waals surface area contributed by atoms with Crippen LogP contribution in [0.2, 0.25) is 0 Å². The number of hydrogen-bond donors (Lipinski definition) is 0. The molecule has 1 aromatic carbocycles. The van der Waals surface area contributed by atoms with E-state index in [4.69, 9.17) is 3.97 Å². The molecule has 0 radical (unpaired) electrons. The van der Waals surface area contributed by atoms with Crippen molar-refractivity contribution in [1.82, 2.24) is 0 Å². The normalized spacial score (nSPS) is 13.7. The van der Waals surface area contributed by atoms with Crippen molar-refractivity contribution in [3.8, 4) is 0 Å². The fraction of sp³-hybridized carbons (Fsp3) is 0.778. The van der Waals surface area contributed by atoms with E-state index in [1.807, 2.05) is 19.1 Å². The average molecular weight is 487 g/mol. The Balaban J connectivity index is 3.33. The van der Waals surface area contributed by atoms with Crippen molar-refractivity contribution >= 4 is 16.9 Å². The molecule has 0 aromatic heterocycles. The Morgan fingerprint density at radius 2 is 1.03 bits per heavy atom. The van der Waals surface area contributed by atoms with Crippen LogP contribution in [-0.2, 0) is 14.1 Å². The molecular weight excluding hydrogens is 435 g/mol. The van der Waals surface area contributed by atoms with E-state index in [1.165, 1.54) is 32.1 Å². The molecule has 0 saturated carbocycles. The fourth-order valence-electron chi connectivity index (χ4n) is 4.81. The molecule has 0 aliphatic heterocycles. The van der Waals surface area contributed by atoms with E-state index in [0.29, 0.717) is 4.90 Å². The van der Waals surface area contributed by atoms with Gasteiger partial charge in [0.25, 0.3) is 0 Å². The van der Waals surface area contributed by atoms with Crippen LogP contribution in [0, 0.1) is 6.92 Å². The molecule has 0 heterocycles. The summed E-state index contributed by atoms with van der Waals surface area (Å²) >= 11 is 0. The summed E-state index contributed by atoms with van der Waals surface area (Å²) in [6, 6.07) is 7.20. The van der Waals surface area contributed by atoms with Gasteiger partial charge in [-0.2, -0.15) is 0 Å². The van der Waals surface area contributed by atoms with Crippen molar-refractivity contribution in [2.45, 2.75) is 117 Å². The molecule has 32 heavy (non-hydrogen) atoms. The number of aryl methyl sites for hydroxylation is 1. The van der Waals surface area contributed by atoms with Gasteiger partial charge in [-0.1, -0.05) is 0 Å². The third-order valence-corrected chi connectivity index (χ3v) is 16.0. The van der Waals surface area contributed by atoms with Crippen LogP contribution >= 0.6 is 6.83 Å².